The molecule has 0 bridgehead atoms. The van der Waals surface area contributed by atoms with E-state index in [0.29, 0.717) is 19.4 Å². The fourth-order valence-corrected chi connectivity index (χ4v) is 2.42. The van der Waals surface area contributed by atoms with Crippen LogP contribution in [0, 0.1) is 5.82 Å². The highest BCUT2D eigenvalue weighted by atomic mass is 19.1. The molecule has 0 atom stereocenters. The van der Waals surface area contributed by atoms with E-state index in [2.05, 4.69) is 10.3 Å². The summed E-state index contributed by atoms with van der Waals surface area (Å²) >= 11 is 0. The second kappa shape index (κ2) is 7.05. The van der Waals surface area contributed by atoms with E-state index < -0.39 is 0 Å². The number of nitrogens with zero attached hydrogens (tertiary/aromatic N) is 3. The van der Waals surface area contributed by atoms with Crippen molar-refractivity contribution < 1.29 is 9.13 Å². The SMILES string of the molecule is CCOc1ccc(F)cc1CCc1cn(-c2ccccc2)nn1. The van der Waals surface area contributed by atoms with Crippen LogP contribution in [0.1, 0.15) is 18.2 Å². The molecule has 0 saturated heterocycles. The molecule has 0 unspecified atom stereocenters. The summed E-state index contributed by atoms with van der Waals surface area (Å²) in [6, 6.07) is 14.4. The van der Waals surface area contributed by atoms with Gasteiger partial charge in [0.1, 0.15) is 11.6 Å². The molecule has 0 aliphatic carbocycles. The van der Waals surface area contributed by atoms with Gasteiger partial charge in [-0.25, -0.2) is 9.07 Å². The van der Waals surface area contributed by atoms with E-state index in [1.165, 1.54) is 12.1 Å². The second-order valence-corrected chi connectivity index (χ2v) is 5.18. The number of aromatic nitrogens is 3. The number of hydrogen-bond donors (Lipinski definition) is 0. The van der Waals surface area contributed by atoms with Crippen molar-refractivity contribution in [2.75, 3.05) is 6.61 Å². The Labute approximate surface area is 134 Å². The molecule has 4 nitrogen and oxygen atoms in total. The maximum Gasteiger partial charge on any atom is 0.123 e. The van der Waals surface area contributed by atoms with E-state index in [4.69, 9.17) is 4.74 Å². The zero-order valence-corrected chi connectivity index (χ0v) is 12.9. The summed E-state index contributed by atoms with van der Waals surface area (Å²) in [6.45, 7) is 2.47. The fraction of sp³-hybridized carbons (Fsp3) is 0.222. The van der Waals surface area contributed by atoms with Crippen LogP contribution in [-0.4, -0.2) is 21.6 Å². The first-order valence-electron chi connectivity index (χ1n) is 7.64. The van der Waals surface area contributed by atoms with Gasteiger partial charge in [-0.05, 0) is 55.7 Å². The molecule has 0 saturated carbocycles. The smallest absolute Gasteiger partial charge is 0.123 e. The first kappa shape index (κ1) is 15.2. The van der Waals surface area contributed by atoms with Crippen LogP contribution in [0.5, 0.6) is 5.75 Å². The molecule has 0 spiro atoms. The molecule has 0 radical (unpaired) electrons. The number of ether oxygens (including phenoxy) is 1. The van der Waals surface area contributed by atoms with Crippen LogP contribution >= 0.6 is 0 Å². The number of hydrogen-bond acceptors (Lipinski definition) is 3. The van der Waals surface area contributed by atoms with Gasteiger partial charge in [0.25, 0.3) is 0 Å². The first-order valence-corrected chi connectivity index (χ1v) is 7.64. The summed E-state index contributed by atoms with van der Waals surface area (Å²) in [5.41, 5.74) is 2.67. The van der Waals surface area contributed by atoms with Crippen molar-refractivity contribution in [1.82, 2.24) is 15.0 Å². The van der Waals surface area contributed by atoms with Gasteiger partial charge in [-0.2, -0.15) is 0 Å². The van der Waals surface area contributed by atoms with E-state index in [9.17, 15) is 4.39 Å². The average molecular weight is 311 g/mol. The Bertz CT molecular complexity index is 771. The van der Waals surface area contributed by atoms with Gasteiger partial charge >= 0.3 is 0 Å². The zero-order valence-electron chi connectivity index (χ0n) is 12.9. The Balaban J connectivity index is 1.72. The summed E-state index contributed by atoms with van der Waals surface area (Å²) in [5, 5.41) is 8.32. The number of halogens is 1. The van der Waals surface area contributed by atoms with Crippen molar-refractivity contribution in [2.24, 2.45) is 0 Å². The van der Waals surface area contributed by atoms with Crippen molar-refractivity contribution in [3.8, 4) is 11.4 Å². The summed E-state index contributed by atoms with van der Waals surface area (Å²) in [6.07, 6.45) is 3.23. The van der Waals surface area contributed by atoms with Gasteiger partial charge in [0.05, 0.1) is 24.2 Å². The molecule has 0 fully saturated rings. The Morgan fingerprint density at radius 1 is 1.09 bits per heavy atom. The van der Waals surface area contributed by atoms with Crippen LogP contribution in [0.15, 0.2) is 54.7 Å². The fourth-order valence-electron chi connectivity index (χ4n) is 2.42. The number of aryl methyl sites for hydroxylation is 2. The Morgan fingerprint density at radius 3 is 2.70 bits per heavy atom. The number of para-hydroxylation sites is 1. The first-order chi connectivity index (χ1) is 11.3. The third-order valence-electron chi connectivity index (χ3n) is 3.53. The third-order valence-corrected chi connectivity index (χ3v) is 3.53. The zero-order chi connectivity index (χ0) is 16.1. The molecule has 23 heavy (non-hydrogen) atoms. The van der Waals surface area contributed by atoms with Crippen LogP contribution in [0.2, 0.25) is 0 Å². The van der Waals surface area contributed by atoms with Gasteiger partial charge in [0.2, 0.25) is 0 Å². The van der Waals surface area contributed by atoms with Crippen molar-refractivity contribution >= 4 is 0 Å². The van der Waals surface area contributed by atoms with Crippen LogP contribution < -0.4 is 4.74 Å². The lowest BCUT2D eigenvalue weighted by Gasteiger charge is -2.09. The van der Waals surface area contributed by atoms with Crippen LogP contribution in [0.4, 0.5) is 4.39 Å². The second-order valence-electron chi connectivity index (χ2n) is 5.18. The highest BCUT2D eigenvalue weighted by Gasteiger charge is 2.08. The largest absolute Gasteiger partial charge is 0.494 e. The van der Waals surface area contributed by atoms with Crippen LogP contribution in [0.25, 0.3) is 5.69 Å². The monoisotopic (exact) mass is 311 g/mol. The summed E-state index contributed by atoms with van der Waals surface area (Å²) in [5.74, 6) is 0.473. The normalized spacial score (nSPS) is 10.7. The molecule has 3 aromatic rings. The van der Waals surface area contributed by atoms with Crippen molar-refractivity contribution in [2.45, 2.75) is 19.8 Å². The summed E-state index contributed by atoms with van der Waals surface area (Å²) < 4.78 is 20.7. The maximum atomic E-state index is 13.5. The van der Waals surface area contributed by atoms with Gasteiger partial charge in [0, 0.05) is 0 Å². The van der Waals surface area contributed by atoms with Gasteiger partial charge in [-0.1, -0.05) is 23.4 Å². The molecule has 0 N–H and O–H groups in total. The van der Waals surface area contributed by atoms with Gasteiger partial charge in [-0.3, -0.25) is 0 Å². The van der Waals surface area contributed by atoms with E-state index >= 15 is 0 Å². The van der Waals surface area contributed by atoms with Gasteiger partial charge < -0.3 is 4.74 Å². The molecule has 0 aliphatic heterocycles. The third kappa shape index (κ3) is 3.74. The molecular formula is C18H18FN3O. The highest BCUT2D eigenvalue weighted by molar-refractivity contribution is 5.35. The van der Waals surface area contributed by atoms with Crippen LogP contribution in [-0.2, 0) is 12.8 Å². The van der Waals surface area contributed by atoms with Crippen molar-refractivity contribution in [1.29, 1.82) is 0 Å². The minimum Gasteiger partial charge on any atom is -0.494 e. The molecular weight excluding hydrogens is 293 g/mol. The maximum absolute atomic E-state index is 13.5. The molecule has 2 aromatic carbocycles. The topological polar surface area (TPSA) is 39.9 Å². The lowest BCUT2D eigenvalue weighted by molar-refractivity contribution is 0.335. The highest BCUT2D eigenvalue weighted by Crippen LogP contribution is 2.21. The predicted molar refractivity (Wildman–Crippen MR) is 86.3 cm³/mol. The minimum atomic E-state index is -0.253. The van der Waals surface area contributed by atoms with Crippen LogP contribution in [0.3, 0.4) is 0 Å². The lowest BCUT2D eigenvalue weighted by atomic mass is 10.1. The Kier molecular flexibility index (Phi) is 4.66. The Morgan fingerprint density at radius 2 is 1.91 bits per heavy atom. The molecule has 0 amide bonds. The summed E-state index contributed by atoms with van der Waals surface area (Å²) in [7, 11) is 0. The summed E-state index contributed by atoms with van der Waals surface area (Å²) in [4.78, 5) is 0. The van der Waals surface area contributed by atoms with Gasteiger partial charge in [0.15, 0.2) is 0 Å². The van der Waals surface area contributed by atoms with E-state index in [1.807, 2.05) is 43.5 Å². The van der Waals surface area contributed by atoms with Gasteiger partial charge in [-0.15, -0.1) is 5.10 Å². The molecule has 3 rings (SSSR count). The van der Waals surface area contributed by atoms with Crippen molar-refractivity contribution in [3.05, 3.63) is 71.8 Å². The van der Waals surface area contributed by atoms with E-state index in [1.54, 1.807) is 10.7 Å². The van der Waals surface area contributed by atoms with E-state index in [-0.39, 0.29) is 5.82 Å². The minimum absolute atomic E-state index is 0.253. The number of benzene rings is 2. The van der Waals surface area contributed by atoms with Crippen molar-refractivity contribution in [3.63, 3.8) is 0 Å². The molecule has 1 aromatic heterocycles. The molecule has 118 valence electrons. The standard InChI is InChI=1S/C18H18FN3O/c1-2-23-18-11-9-15(19)12-14(18)8-10-16-13-22(21-20-16)17-6-4-3-5-7-17/h3-7,9,11-13H,2,8,10H2,1H3. The quantitative estimate of drug-likeness (QED) is 0.698. The average Bonchev–Trinajstić information content (AvgIpc) is 3.05. The van der Waals surface area contributed by atoms with E-state index in [0.717, 1.165) is 22.7 Å². The lowest BCUT2D eigenvalue weighted by Crippen LogP contribution is -1.99. The Hall–Kier alpha value is -2.69. The molecule has 0 aliphatic rings. The predicted octanol–water partition coefficient (Wildman–Crippen LogP) is 3.59. The molecule has 1 heterocycles. The number of rotatable bonds is 6. The molecule has 5 heteroatoms.